The van der Waals surface area contributed by atoms with Crippen LogP contribution in [0.1, 0.15) is 6.42 Å². The average Bonchev–Trinajstić information content (AvgIpc) is 2.94. The summed E-state index contributed by atoms with van der Waals surface area (Å²) in [5.74, 6) is 0.200. The first-order valence-electron chi connectivity index (χ1n) is 8.42. The molecule has 0 unspecified atom stereocenters. The van der Waals surface area contributed by atoms with Crippen LogP contribution in [0.5, 0.6) is 5.75 Å². The van der Waals surface area contributed by atoms with Gasteiger partial charge in [-0.1, -0.05) is 0 Å². The summed E-state index contributed by atoms with van der Waals surface area (Å²) in [7, 11) is -1.55. The monoisotopic (exact) mass is 366 g/mol. The molecule has 0 radical (unpaired) electrons. The molecule has 0 bridgehead atoms. The number of hydrogen-bond donors (Lipinski definition) is 2. The zero-order chi connectivity index (χ0) is 17.6. The van der Waals surface area contributed by atoms with Gasteiger partial charge in [-0.25, -0.2) is 13.1 Å². The maximum Gasteiger partial charge on any atom is 0.262 e. The first kappa shape index (κ1) is 16.8. The van der Waals surface area contributed by atoms with Crippen molar-refractivity contribution in [1.29, 1.82) is 0 Å². The number of likely N-dealkylation sites (N-methyl/N-ethyl adjacent to an activating group) is 1. The molecule has 3 aliphatic heterocycles. The van der Waals surface area contributed by atoms with Gasteiger partial charge in [0.25, 0.3) is 5.91 Å². The fourth-order valence-corrected chi connectivity index (χ4v) is 5.07. The van der Waals surface area contributed by atoms with Gasteiger partial charge in [0.1, 0.15) is 5.75 Å². The van der Waals surface area contributed by atoms with Crippen molar-refractivity contribution < 1.29 is 17.9 Å². The standard InChI is InChI=1S/C16H22N4O4S/c1-19-4-5-20-8-11(6-12(20)9-19)18-25(22,23)13-2-3-15-14(7-13)17-16(21)10-24-15/h2-3,7,11-12,18H,4-6,8-10H2,1H3,(H,17,21)/t11-,12-/m0/s1. The molecule has 0 spiro atoms. The highest BCUT2D eigenvalue weighted by molar-refractivity contribution is 7.89. The fourth-order valence-electron chi connectivity index (χ4n) is 3.80. The van der Waals surface area contributed by atoms with Crippen LogP contribution in [0.2, 0.25) is 0 Å². The van der Waals surface area contributed by atoms with Crippen molar-refractivity contribution in [1.82, 2.24) is 14.5 Å². The van der Waals surface area contributed by atoms with Crippen LogP contribution in [-0.4, -0.2) is 76.0 Å². The Kier molecular flexibility index (Phi) is 4.19. The molecule has 25 heavy (non-hydrogen) atoms. The average molecular weight is 366 g/mol. The van der Waals surface area contributed by atoms with Crippen molar-refractivity contribution in [2.45, 2.75) is 23.4 Å². The Morgan fingerprint density at radius 3 is 2.96 bits per heavy atom. The molecular formula is C16H22N4O4S. The van der Waals surface area contributed by atoms with E-state index in [0.29, 0.717) is 17.5 Å². The lowest BCUT2D eigenvalue weighted by Gasteiger charge is -2.35. The Hall–Kier alpha value is -1.68. The molecule has 2 atom stereocenters. The maximum atomic E-state index is 12.7. The van der Waals surface area contributed by atoms with Crippen LogP contribution < -0.4 is 14.8 Å². The SMILES string of the molecule is CN1CCN2C[C@@H](NS(=O)(=O)c3ccc4c(c3)NC(=O)CO4)C[C@H]2C1. The first-order chi connectivity index (χ1) is 11.9. The van der Waals surface area contributed by atoms with Gasteiger partial charge in [0, 0.05) is 38.3 Å². The highest BCUT2D eigenvalue weighted by atomic mass is 32.2. The molecule has 0 aromatic heterocycles. The Morgan fingerprint density at radius 2 is 2.12 bits per heavy atom. The maximum absolute atomic E-state index is 12.7. The minimum absolute atomic E-state index is 0.0505. The van der Waals surface area contributed by atoms with Crippen LogP contribution in [0.15, 0.2) is 23.1 Å². The number of hydrogen-bond acceptors (Lipinski definition) is 6. The number of ether oxygens (including phenoxy) is 1. The Labute approximate surface area is 147 Å². The predicted molar refractivity (Wildman–Crippen MR) is 92.2 cm³/mol. The second kappa shape index (κ2) is 6.24. The van der Waals surface area contributed by atoms with Gasteiger partial charge in [0.05, 0.1) is 10.6 Å². The molecule has 0 aliphatic carbocycles. The number of nitrogens with one attached hydrogen (secondary N) is 2. The third-order valence-corrected chi connectivity index (χ3v) is 6.55. The van der Waals surface area contributed by atoms with E-state index in [1.54, 1.807) is 6.07 Å². The second-order valence-electron chi connectivity index (χ2n) is 6.96. The Balaban J connectivity index is 1.49. The van der Waals surface area contributed by atoms with Gasteiger partial charge in [-0.3, -0.25) is 9.69 Å². The number of carbonyl (C=O) groups excluding carboxylic acids is 1. The van der Waals surface area contributed by atoms with E-state index < -0.39 is 10.0 Å². The summed E-state index contributed by atoms with van der Waals surface area (Å²) in [6, 6.07) is 4.85. The van der Waals surface area contributed by atoms with Gasteiger partial charge in [-0.05, 0) is 31.7 Å². The van der Waals surface area contributed by atoms with Crippen molar-refractivity contribution in [2.24, 2.45) is 0 Å². The number of anilines is 1. The molecule has 136 valence electrons. The van der Waals surface area contributed by atoms with Gasteiger partial charge < -0.3 is 15.0 Å². The normalized spacial score (nSPS) is 27.3. The quantitative estimate of drug-likeness (QED) is 0.762. The molecule has 8 nitrogen and oxygen atoms in total. The van der Waals surface area contributed by atoms with Crippen LogP contribution in [-0.2, 0) is 14.8 Å². The van der Waals surface area contributed by atoms with Gasteiger partial charge in [0.15, 0.2) is 6.61 Å². The van der Waals surface area contributed by atoms with Crippen molar-refractivity contribution in [2.75, 3.05) is 45.2 Å². The summed E-state index contributed by atoms with van der Waals surface area (Å²) in [6.07, 6.45) is 0.814. The van der Waals surface area contributed by atoms with Crippen molar-refractivity contribution >= 4 is 21.6 Å². The van der Waals surface area contributed by atoms with Crippen LogP contribution in [0.4, 0.5) is 5.69 Å². The van der Waals surface area contributed by atoms with E-state index in [4.69, 9.17) is 4.74 Å². The van der Waals surface area contributed by atoms with Crippen LogP contribution in [0.25, 0.3) is 0 Å². The van der Waals surface area contributed by atoms with Gasteiger partial charge in [-0.2, -0.15) is 0 Å². The third kappa shape index (κ3) is 3.37. The summed E-state index contributed by atoms with van der Waals surface area (Å²) < 4.78 is 33.6. The molecule has 2 fully saturated rings. The minimum atomic E-state index is -3.65. The zero-order valence-electron chi connectivity index (χ0n) is 14.1. The topological polar surface area (TPSA) is 91.0 Å². The Morgan fingerprint density at radius 1 is 1.28 bits per heavy atom. The Bertz CT molecular complexity index is 797. The molecule has 3 heterocycles. The molecule has 1 aromatic carbocycles. The number of rotatable bonds is 3. The molecule has 4 rings (SSSR count). The van der Waals surface area contributed by atoms with E-state index in [0.717, 1.165) is 32.6 Å². The minimum Gasteiger partial charge on any atom is -0.482 e. The highest BCUT2D eigenvalue weighted by Gasteiger charge is 2.37. The second-order valence-corrected chi connectivity index (χ2v) is 8.67. The first-order valence-corrected chi connectivity index (χ1v) is 9.91. The lowest BCUT2D eigenvalue weighted by Crippen LogP contribution is -2.48. The molecule has 9 heteroatoms. The van der Waals surface area contributed by atoms with Gasteiger partial charge >= 0.3 is 0 Å². The van der Waals surface area contributed by atoms with Crippen LogP contribution in [0, 0.1) is 0 Å². The summed E-state index contributed by atoms with van der Waals surface area (Å²) in [6.45, 7) is 3.65. The summed E-state index contributed by atoms with van der Waals surface area (Å²) in [5.41, 5.74) is 0.393. The van der Waals surface area contributed by atoms with Crippen LogP contribution >= 0.6 is 0 Å². The number of carbonyl (C=O) groups is 1. The summed E-state index contributed by atoms with van der Waals surface area (Å²) in [5, 5.41) is 2.64. The van der Waals surface area contributed by atoms with E-state index in [9.17, 15) is 13.2 Å². The fraction of sp³-hybridized carbons (Fsp3) is 0.562. The van der Waals surface area contributed by atoms with Gasteiger partial charge in [0.2, 0.25) is 10.0 Å². The number of benzene rings is 1. The smallest absolute Gasteiger partial charge is 0.262 e. The number of amides is 1. The molecular weight excluding hydrogens is 344 g/mol. The summed E-state index contributed by atoms with van der Waals surface area (Å²) >= 11 is 0. The lowest BCUT2D eigenvalue weighted by molar-refractivity contribution is -0.118. The molecule has 0 saturated carbocycles. The molecule has 3 aliphatic rings. The van der Waals surface area contributed by atoms with E-state index in [-0.39, 0.29) is 23.5 Å². The van der Waals surface area contributed by atoms with E-state index in [1.807, 2.05) is 0 Å². The predicted octanol–water partition coefficient (Wildman–Crippen LogP) is -0.316. The van der Waals surface area contributed by atoms with Crippen molar-refractivity contribution in [3.05, 3.63) is 18.2 Å². The third-order valence-electron chi connectivity index (χ3n) is 5.04. The van der Waals surface area contributed by atoms with Crippen LogP contribution in [0.3, 0.4) is 0 Å². The molecule has 2 N–H and O–H groups in total. The number of piperazine rings is 1. The highest BCUT2D eigenvalue weighted by Crippen LogP contribution is 2.30. The molecule has 1 aromatic rings. The van der Waals surface area contributed by atoms with E-state index in [1.165, 1.54) is 12.1 Å². The number of nitrogens with zero attached hydrogens (tertiary/aromatic N) is 2. The van der Waals surface area contributed by atoms with Crippen molar-refractivity contribution in [3.63, 3.8) is 0 Å². The van der Waals surface area contributed by atoms with E-state index >= 15 is 0 Å². The molecule has 2 saturated heterocycles. The number of sulfonamides is 1. The zero-order valence-corrected chi connectivity index (χ0v) is 14.9. The van der Waals surface area contributed by atoms with Crippen molar-refractivity contribution in [3.8, 4) is 5.75 Å². The van der Waals surface area contributed by atoms with E-state index in [2.05, 4.69) is 26.9 Å². The summed E-state index contributed by atoms with van der Waals surface area (Å²) in [4.78, 5) is 16.2. The lowest BCUT2D eigenvalue weighted by atomic mass is 10.1. The van der Waals surface area contributed by atoms with Gasteiger partial charge in [-0.15, -0.1) is 0 Å². The number of fused-ring (bicyclic) bond motifs is 2. The largest absolute Gasteiger partial charge is 0.482 e. The molecule has 1 amide bonds.